The maximum Gasteiger partial charge on any atom is 0.141 e. The monoisotopic (exact) mass is 288 g/mol. The number of benzene rings is 1. The van der Waals surface area contributed by atoms with Crippen molar-refractivity contribution in [3.05, 3.63) is 65.2 Å². The summed E-state index contributed by atoms with van der Waals surface area (Å²) in [4.78, 5) is 3.88. The van der Waals surface area contributed by atoms with Gasteiger partial charge >= 0.3 is 0 Å². The number of rotatable bonds is 7. The number of aromatic nitrogens is 1. The molecule has 0 saturated carbocycles. The van der Waals surface area contributed by atoms with Crippen molar-refractivity contribution in [2.75, 3.05) is 6.61 Å². The first-order valence-corrected chi connectivity index (χ1v) is 7.19. The van der Waals surface area contributed by atoms with Gasteiger partial charge in [0.15, 0.2) is 0 Å². The number of nitrogens with one attached hydrogen (secondary N) is 1. The highest BCUT2D eigenvalue weighted by molar-refractivity contribution is 5.26. The maximum absolute atomic E-state index is 13.2. The zero-order chi connectivity index (χ0) is 15.1. The van der Waals surface area contributed by atoms with Crippen molar-refractivity contribution >= 4 is 0 Å². The van der Waals surface area contributed by atoms with Crippen LogP contribution in [0, 0.1) is 5.82 Å². The lowest BCUT2D eigenvalue weighted by Crippen LogP contribution is -2.19. The molecule has 1 atom stereocenters. The topological polar surface area (TPSA) is 34.1 Å². The van der Waals surface area contributed by atoms with Crippen LogP contribution in [0.4, 0.5) is 4.39 Å². The molecule has 1 aromatic heterocycles. The molecule has 2 rings (SSSR count). The van der Waals surface area contributed by atoms with Crippen LogP contribution in [0.5, 0.6) is 0 Å². The van der Waals surface area contributed by atoms with E-state index in [1.165, 1.54) is 23.4 Å². The number of ether oxygens (including phenoxy) is 1. The van der Waals surface area contributed by atoms with Gasteiger partial charge in [0, 0.05) is 25.4 Å². The summed E-state index contributed by atoms with van der Waals surface area (Å²) < 4.78 is 18.7. The minimum atomic E-state index is -0.308. The van der Waals surface area contributed by atoms with Gasteiger partial charge in [0.25, 0.3) is 0 Å². The van der Waals surface area contributed by atoms with Gasteiger partial charge in [0.2, 0.25) is 0 Å². The van der Waals surface area contributed by atoms with Crippen LogP contribution in [0.2, 0.25) is 0 Å². The maximum atomic E-state index is 13.2. The zero-order valence-corrected chi connectivity index (χ0v) is 12.5. The van der Waals surface area contributed by atoms with Crippen LogP contribution in [-0.2, 0) is 17.9 Å². The first-order valence-electron chi connectivity index (χ1n) is 7.19. The summed E-state index contributed by atoms with van der Waals surface area (Å²) in [5.41, 5.74) is 3.22. The Bertz CT molecular complexity index is 574. The Morgan fingerprint density at radius 2 is 2.00 bits per heavy atom. The average molecular weight is 288 g/mol. The van der Waals surface area contributed by atoms with Gasteiger partial charge in [0.1, 0.15) is 5.82 Å². The third-order valence-electron chi connectivity index (χ3n) is 3.40. The van der Waals surface area contributed by atoms with Crippen molar-refractivity contribution in [1.29, 1.82) is 0 Å². The number of pyridine rings is 1. The fourth-order valence-corrected chi connectivity index (χ4v) is 2.13. The molecular formula is C17H21FN2O. The highest BCUT2D eigenvalue weighted by Gasteiger charge is 2.08. The lowest BCUT2D eigenvalue weighted by atomic mass is 10.1. The Kier molecular flexibility index (Phi) is 5.84. The van der Waals surface area contributed by atoms with Crippen LogP contribution >= 0.6 is 0 Å². The molecule has 0 radical (unpaired) electrons. The number of halogens is 1. The molecule has 2 aromatic rings. The van der Waals surface area contributed by atoms with Crippen molar-refractivity contribution in [3.63, 3.8) is 0 Å². The van der Waals surface area contributed by atoms with Crippen molar-refractivity contribution in [1.82, 2.24) is 10.3 Å². The largest absolute Gasteiger partial charge is 0.377 e. The number of nitrogens with zero attached hydrogens (tertiary/aromatic N) is 1. The van der Waals surface area contributed by atoms with Crippen LogP contribution in [0.3, 0.4) is 0 Å². The molecule has 0 bridgehead atoms. The van der Waals surface area contributed by atoms with Gasteiger partial charge in [-0.05, 0) is 36.6 Å². The minimum absolute atomic E-state index is 0.0355. The van der Waals surface area contributed by atoms with Crippen LogP contribution in [0.25, 0.3) is 0 Å². The van der Waals surface area contributed by atoms with Crippen LogP contribution in [0.1, 0.15) is 36.6 Å². The van der Waals surface area contributed by atoms with E-state index in [-0.39, 0.29) is 11.9 Å². The first-order chi connectivity index (χ1) is 10.2. The van der Waals surface area contributed by atoms with E-state index >= 15 is 0 Å². The van der Waals surface area contributed by atoms with E-state index in [4.69, 9.17) is 4.74 Å². The smallest absolute Gasteiger partial charge is 0.141 e. The molecule has 1 aromatic carbocycles. The summed E-state index contributed by atoms with van der Waals surface area (Å²) in [7, 11) is 0. The first kappa shape index (κ1) is 15.6. The van der Waals surface area contributed by atoms with E-state index in [0.29, 0.717) is 19.8 Å². The SMILES string of the molecule is CCOCc1ccccc1CNC(C)c1cncc(F)c1. The van der Waals surface area contributed by atoms with Crippen LogP contribution in [0.15, 0.2) is 42.7 Å². The van der Waals surface area contributed by atoms with E-state index in [0.717, 1.165) is 5.56 Å². The van der Waals surface area contributed by atoms with E-state index in [1.807, 2.05) is 26.0 Å². The second-order valence-electron chi connectivity index (χ2n) is 4.94. The van der Waals surface area contributed by atoms with E-state index in [2.05, 4.69) is 22.4 Å². The molecule has 112 valence electrons. The average Bonchev–Trinajstić information content (AvgIpc) is 2.51. The molecule has 0 aliphatic rings. The summed E-state index contributed by atoms with van der Waals surface area (Å²) >= 11 is 0. The molecule has 3 nitrogen and oxygen atoms in total. The van der Waals surface area contributed by atoms with Crippen LogP contribution in [-0.4, -0.2) is 11.6 Å². The lowest BCUT2D eigenvalue weighted by molar-refractivity contribution is 0.133. The van der Waals surface area contributed by atoms with Gasteiger partial charge in [-0.2, -0.15) is 0 Å². The van der Waals surface area contributed by atoms with Crippen LogP contribution < -0.4 is 5.32 Å². The lowest BCUT2D eigenvalue weighted by Gasteiger charge is -2.16. The Morgan fingerprint density at radius 3 is 2.71 bits per heavy atom. The molecular weight excluding hydrogens is 267 g/mol. The summed E-state index contributed by atoms with van der Waals surface area (Å²) in [6, 6.07) is 9.72. The van der Waals surface area contributed by atoms with E-state index in [1.54, 1.807) is 6.20 Å². The Morgan fingerprint density at radius 1 is 1.24 bits per heavy atom. The Labute approximate surface area is 125 Å². The minimum Gasteiger partial charge on any atom is -0.377 e. The molecule has 1 heterocycles. The predicted octanol–water partition coefficient (Wildman–Crippen LogP) is 3.61. The van der Waals surface area contributed by atoms with E-state index in [9.17, 15) is 4.39 Å². The molecule has 1 unspecified atom stereocenters. The van der Waals surface area contributed by atoms with Gasteiger partial charge in [-0.25, -0.2) is 4.39 Å². The normalized spacial score (nSPS) is 12.3. The van der Waals surface area contributed by atoms with Crippen molar-refractivity contribution in [3.8, 4) is 0 Å². The Hall–Kier alpha value is -1.78. The predicted molar refractivity (Wildman–Crippen MR) is 81.2 cm³/mol. The standard InChI is InChI=1S/C17H21FN2O/c1-3-21-12-15-7-5-4-6-14(15)10-20-13(2)16-8-17(18)11-19-9-16/h4-9,11,13,20H,3,10,12H2,1-2H3. The fraction of sp³-hybridized carbons (Fsp3) is 0.353. The summed E-state index contributed by atoms with van der Waals surface area (Å²) in [5, 5.41) is 3.40. The van der Waals surface area contributed by atoms with E-state index < -0.39 is 0 Å². The molecule has 1 N–H and O–H groups in total. The summed E-state index contributed by atoms with van der Waals surface area (Å²) in [5.74, 6) is -0.308. The number of hydrogen-bond donors (Lipinski definition) is 1. The molecule has 0 fully saturated rings. The highest BCUT2D eigenvalue weighted by Crippen LogP contribution is 2.15. The van der Waals surface area contributed by atoms with Gasteiger partial charge in [-0.1, -0.05) is 24.3 Å². The third kappa shape index (κ3) is 4.62. The summed E-state index contributed by atoms with van der Waals surface area (Å²) in [6.45, 7) is 6.01. The second kappa shape index (κ2) is 7.86. The van der Waals surface area contributed by atoms with Gasteiger partial charge in [-0.15, -0.1) is 0 Å². The summed E-state index contributed by atoms with van der Waals surface area (Å²) in [6.07, 6.45) is 2.90. The molecule has 0 aliphatic heterocycles. The van der Waals surface area contributed by atoms with Crippen molar-refractivity contribution < 1.29 is 9.13 Å². The number of hydrogen-bond acceptors (Lipinski definition) is 3. The third-order valence-corrected chi connectivity index (χ3v) is 3.40. The molecule has 0 amide bonds. The van der Waals surface area contributed by atoms with Gasteiger partial charge in [-0.3, -0.25) is 4.98 Å². The molecule has 21 heavy (non-hydrogen) atoms. The molecule has 0 aliphatic carbocycles. The molecule has 0 spiro atoms. The molecule has 4 heteroatoms. The zero-order valence-electron chi connectivity index (χ0n) is 12.5. The quantitative estimate of drug-likeness (QED) is 0.845. The van der Waals surface area contributed by atoms with Crippen molar-refractivity contribution in [2.45, 2.75) is 33.0 Å². The Balaban J connectivity index is 1.99. The van der Waals surface area contributed by atoms with Crippen molar-refractivity contribution in [2.24, 2.45) is 0 Å². The van der Waals surface area contributed by atoms with Gasteiger partial charge < -0.3 is 10.1 Å². The second-order valence-corrected chi connectivity index (χ2v) is 4.94. The fourth-order valence-electron chi connectivity index (χ4n) is 2.13. The highest BCUT2D eigenvalue weighted by atomic mass is 19.1. The molecule has 0 saturated heterocycles. The van der Waals surface area contributed by atoms with Gasteiger partial charge in [0.05, 0.1) is 12.8 Å².